The minimum absolute atomic E-state index is 0.190. The molecule has 0 amide bonds. The predicted molar refractivity (Wildman–Crippen MR) is 63.3 cm³/mol. The fourth-order valence-electron chi connectivity index (χ4n) is 2.20. The first kappa shape index (κ1) is 15.7. The highest BCUT2D eigenvalue weighted by atomic mass is 19.3. The summed E-state index contributed by atoms with van der Waals surface area (Å²) in [4.78, 5) is 0. The van der Waals surface area contributed by atoms with E-state index in [-0.39, 0.29) is 6.04 Å². The first-order chi connectivity index (χ1) is 8.42. The molecule has 1 heterocycles. The van der Waals surface area contributed by atoms with E-state index in [2.05, 4.69) is 10.6 Å². The van der Waals surface area contributed by atoms with Crippen molar-refractivity contribution in [2.75, 3.05) is 13.1 Å². The van der Waals surface area contributed by atoms with Crippen LogP contribution in [0, 0.1) is 0 Å². The zero-order valence-corrected chi connectivity index (χ0v) is 10.7. The molecule has 0 aromatic rings. The minimum Gasteiger partial charge on any atom is -0.314 e. The Morgan fingerprint density at radius 1 is 1.28 bits per heavy atom. The van der Waals surface area contributed by atoms with Gasteiger partial charge in [-0.2, -0.15) is 8.78 Å². The number of nitrogens with one attached hydrogen (secondary N) is 2. The van der Waals surface area contributed by atoms with Gasteiger partial charge in [-0.25, -0.2) is 8.78 Å². The van der Waals surface area contributed by atoms with Crippen LogP contribution in [0.5, 0.6) is 0 Å². The number of hydrogen-bond donors (Lipinski definition) is 2. The third-order valence-electron chi connectivity index (χ3n) is 3.31. The van der Waals surface area contributed by atoms with E-state index in [9.17, 15) is 17.6 Å². The molecule has 18 heavy (non-hydrogen) atoms. The van der Waals surface area contributed by atoms with Crippen molar-refractivity contribution in [3.8, 4) is 0 Å². The van der Waals surface area contributed by atoms with Gasteiger partial charge in [-0.3, -0.25) is 0 Å². The lowest BCUT2D eigenvalue weighted by molar-refractivity contribution is -0.126. The van der Waals surface area contributed by atoms with Gasteiger partial charge < -0.3 is 10.6 Å². The predicted octanol–water partition coefficient (Wildman–Crippen LogP) is 2.79. The second-order valence-corrected chi connectivity index (χ2v) is 5.08. The molecule has 0 spiro atoms. The summed E-state index contributed by atoms with van der Waals surface area (Å²) in [6, 6.07) is 0.111. The van der Waals surface area contributed by atoms with Gasteiger partial charge in [0.1, 0.15) is 0 Å². The number of halogens is 4. The smallest absolute Gasteiger partial charge is 0.314 e. The van der Waals surface area contributed by atoms with Crippen LogP contribution in [0.2, 0.25) is 0 Å². The maximum absolute atomic E-state index is 12.7. The van der Waals surface area contributed by atoms with Crippen molar-refractivity contribution < 1.29 is 17.6 Å². The van der Waals surface area contributed by atoms with Crippen LogP contribution < -0.4 is 10.6 Å². The minimum atomic E-state index is -3.94. The van der Waals surface area contributed by atoms with Crippen molar-refractivity contribution in [2.24, 2.45) is 0 Å². The summed E-state index contributed by atoms with van der Waals surface area (Å²) in [7, 11) is 0. The molecule has 0 aliphatic carbocycles. The van der Waals surface area contributed by atoms with E-state index >= 15 is 0 Å². The van der Waals surface area contributed by atoms with Crippen LogP contribution in [0.25, 0.3) is 0 Å². The largest absolute Gasteiger partial charge is 0.319 e. The summed E-state index contributed by atoms with van der Waals surface area (Å²) in [5.74, 6) is -3.94. The summed E-state index contributed by atoms with van der Waals surface area (Å²) in [6.45, 7) is 1.75. The molecule has 1 rings (SSSR count). The van der Waals surface area contributed by atoms with Crippen LogP contribution >= 0.6 is 0 Å². The van der Waals surface area contributed by atoms with Gasteiger partial charge in [0, 0.05) is 12.1 Å². The van der Waals surface area contributed by atoms with E-state index in [1.807, 2.05) is 0 Å². The van der Waals surface area contributed by atoms with Gasteiger partial charge in [-0.15, -0.1) is 0 Å². The Kier molecular flexibility index (Phi) is 6.35. The molecule has 6 heteroatoms. The summed E-state index contributed by atoms with van der Waals surface area (Å²) in [5.41, 5.74) is 0. The van der Waals surface area contributed by atoms with Gasteiger partial charge in [0.15, 0.2) is 0 Å². The van der Waals surface area contributed by atoms with Gasteiger partial charge >= 0.3 is 12.3 Å². The van der Waals surface area contributed by atoms with Crippen molar-refractivity contribution in [1.29, 1.82) is 0 Å². The zero-order valence-electron chi connectivity index (χ0n) is 10.7. The van der Waals surface area contributed by atoms with E-state index in [0.717, 1.165) is 25.8 Å². The molecule has 1 aliphatic rings. The van der Waals surface area contributed by atoms with Gasteiger partial charge in [0.2, 0.25) is 0 Å². The molecule has 0 radical (unpaired) electrons. The molecular weight excluding hydrogens is 248 g/mol. The molecule has 0 aromatic carbocycles. The summed E-state index contributed by atoms with van der Waals surface area (Å²) >= 11 is 0. The average molecular weight is 270 g/mol. The molecule has 0 aromatic heterocycles. The highest BCUT2D eigenvalue weighted by molar-refractivity contribution is 4.79. The fraction of sp³-hybridized carbons (Fsp3) is 1.00. The molecule has 108 valence electrons. The van der Waals surface area contributed by atoms with E-state index in [1.165, 1.54) is 6.42 Å². The van der Waals surface area contributed by atoms with Crippen LogP contribution in [-0.2, 0) is 0 Å². The SMILES string of the molecule is CC(CC1CCCCCN1)NCC(F)(F)C(F)F. The first-order valence-corrected chi connectivity index (χ1v) is 6.54. The van der Waals surface area contributed by atoms with Crippen molar-refractivity contribution in [3.05, 3.63) is 0 Å². The van der Waals surface area contributed by atoms with Gasteiger partial charge in [0.25, 0.3) is 0 Å². The normalized spacial score (nSPS) is 24.0. The Bertz CT molecular complexity index is 228. The maximum atomic E-state index is 12.7. The Morgan fingerprint density at radius 3 is 2.67 bits per heavy atom. The Morgan fingerprint density at radius 2 is 2.00 bits per heavy atom. The molecule has 2 N–H and O–H groups in total. The monoisotopic (exact) mass is 270 g/mol. The standard InChI is InChI=1S/C12H22F4N2/c1-9(18-8-12(15,16)11(13)14)7-10-5-3-2-4-6-17-10/h9-11,17-18H,2-8H2,1H3. The second-order valence-electron chi connectivity index (χ2n) is 5.08. The Balaban J connectivity index is 2.26. The fourth-order valence-corrected chi connectivity index (χ4v) is 2.20. The first-order valence-electron chi connectivity index (χ1n) is 6.54. The molecule has 0 saturated carbocycles. The third kappa shape index (κ3) is 5.52. The van der Waals surface area contributed by atoms with Crippen molar-refractivity contribution >= 4 is 0 Å². The number of hydrogen-bond acceptors (Lipinski definition) is 2. The van der Waals surface area contributed by atoms with Gasteiger partial charge in [-0.05, 0) is 32.7 Å². The highest BCUT2D eigenvalue weighted by Gasteiger charge is 2.40. The van der Waals surface area contributed by atoms with Crippen molar-refractivity contribution in [3.63, 3.8) is 0 Å². The molecule has 2 unspecified atom stereocenters. The lowest BCUT2D eigenvalue weighted by Crippen LogP contribution is -2.44. The quantitative estimate of drug-likeness (QED) is 0.725. The summed E-state index contributed by atoms with van der Waals surface area (Å²) in [5, 5.41) is 5.86. The topological polar surface area (TPSA) is 24.1 Å². The van der Waals surface area contributed by atoms with E-state index in [4.69, 9.17) is 0 Å². The molecule has 1 fully saturated rings. The van der Waals surface area contributed by atoms with Crippen LogP contribution in [-0.4, -0.2) is 37.5 Å². The van der Waals surface area contributed by atoms with Crippen LogP contribution in [0.1, 0.15) is 39.0 Å². The van der Waals surface area contributed by atoms with Crippen molar-refractivity contribution in [2.45, 2.75) is 63.5 Å². The lowest BCUT2D eigenvalue weighted by Gasteiger charge is -2.23. The lowest BCUT2D eigenvalue weighted by atomic mass is 10.0. The summed E-state index contributed by atoms with van der Waals surface area (Å²) < 4.78 is 49.4. The molecular formula is C12H22F4N2. The molecule has 2 atom stereocenters. The zero-order chi connectivity index (χ0) is 13.6. The number of rotatable bonds is 6. The molecule has 1 saturated heterocycles. The molecule has 2 nitrogen and oxygen atoms in total. The third-order valence-corrected chi connectivity index (χ3v) is 3.31. The van der Waals surface area contributed by atoms with Gasteiger partial charge in [0.05, 0.1) is 6.54 Å². The average Bonchev–Trinajstić information content (AvgIpc) is 2.55. The van der Waals surface area contributed by atoms with Gasteiger partial charge in [-0.1, -0.05) is 12.8 Å². The Hall–Kier alpha value is -0.360. The maximum Gasteiger partial charge on any atom is 0.319 e. The van der Waals surface area contributed by atoms with E-state index in [1.54, 1.807) is 6.92 Å². The van der Waals surface area contributed by atoms with E-state index < -0.39 is 18.9 Å². The van der Waals surface area contributed by atoms with Crippen molar-refractivity contribution in [1.82, 2.24) is 10.6 Å². The van der Waals surface area contributed by atoms with Crippen LogP contribution in [0.15, 0.2) is 0 Å². The second kappa shape index (κ2) is 7.28. The molecule has 1 aliphatic heterocycles. The summed E-state index contributed by atoms with van der Waals surface area (Å²) in [6.07, 6.45) is 1.58. The Labute approximate surface area is 106 Å². The highest BCUT2D eigenvalue weighted by Crippen LogP contribution is 2.22. The molecule has 0 bridgehead atoms. The van der Waals surface area contributed by atoms with Crippen LogP contribution in [0.4, 0.5) is 17.6 Å². The van der Waals surface area contributed by atoms with Crippen LogP contribution in [0.3, 0.4) is 0 Å². The number of alkyl halides is 4. The van der Waals surface area contributed by atoms with E-state index in [0.29, 0.717) is 12.5 Å².